The van der Waals surface area contributed by atoms with E-state index in [2.05, 4.69) is 15.3 Å². The van der Waals surface area contributed by atoms with Crippen LogP contribution in [-0.2, 0) is 24.1 Å². The van der Waals surface area contributed by atoms with Crippen molar-refractivity contribution in [3.05, 3.63) is 119 Å². The molecule has 0 radical (unpaired) electrons. The number of esters is 1. The quantitative estimate of drug-likeness (QED) is 0.237. The lowest BCUT2D eigenvalue weighted by atomic mass is 10.1. The Morgan fingerprint density at radius 1 is 0.947 bits per heavy atom. The van der Waals surface area contributed by atoms with E-state index < -0.39 is 5.97 Å². The molecule has 2 heterocycles. The minimum atomic E-state index is -0.510. The van der Waals surface area contributed by atoms with Crippen LogP contribution in [0.3, 0.4) is 0 Å². The first-order valence-corrected chi connectivity index (χ1v) is 12.4. The number of hydrogen-bond acceptors (Lipinski definition) is 7. The maximum Gasteiger partial charge on any atom is 0.360 e. The Labute approximate surface area is 220 Å². The maximum atomic E-state index is 12.4. The number of carbonyl (C=O) groups is 1. The molecule has 0 amide bonds. The molecule has 38 heavy (non-hydrogen) atoms. The minimum Gasteiger partial charge on any atom is -0.493 e. The van der Waals surface area contributed by atoms with Crippen molar-refractivity contribution >= 4 is 5.97 Å². The van der Waals surface area contributed by atoms with Gasteiger partial charge in [0.05, 0.1) is 31.6 Å². The second kappa shape index (κ2) is 11.6. The van der Waals surface area contributed by atoms with E-state index in [0.29, 0.717) is 37.6 Å². The summed E-state index contributed by atoms with van der Waals surface area (Å²) >= 11 is 0. The molecule has 0 N–H and O–H groups in total. The molecule has 0 unspecified atom stereocenters. The first kappa shape index (κ1) is 25.0. The Balaban J connectivity index is 1.28. The lowest BCUT2D eigenvalue weighted by molar-refractivity contribution is 0.0592. The van der Waals surface area contributed by atoms with Crippen LogP contribution < -0.4 is 4.74 Å². The van der Waals surface area contributed by atoms with Gasteiger partial charge < -0.3 is 13.9 Å². The maximum absolute atomic E-state index is 12.4. The second-order valence-electron chi connectivity index (χ2n) is 8.83. The number of rotatable bonds is 10. The van der Waals surface area contributed by atoms with E-state index in [0.717, 1.165) is 33.9 Å². The van der Waals surface area contributed by atoms with Crippen LogP contribution >= 0.6 is 0 Å². The van der Waals surface area contributed by atoms with Gasteiger partial charge in [0.15, 0.2) is 5.69 Å². The molecule has 0 saturated heterocycles. The third-order valence-corrected chi connectivity index (χ3v) is 6.18. The third-order valence-electron chi connectivity index (χ3n) is 6.18. The number of benzene rings is 3. The van der Waals surface area contributed by atoms with Gasteiger partial charge in [-0.2, -0.15) is 0 Å². The van der Waals surface area contributed by atoms with Crippen molar-refractivity contribution in [2.45, 2.75) is 26.3 Å². The topological polar surface area (TPSA) is 92.3 Å². The van der Waals surface area contributed by atoms with Crippen molar-refractivity contribution in [1.82, 2.24) is 20.0 Å². The van der Waals surface area contributed by atoms with Gasteiger partial charge in [-0.3, -0.25) is 0 Å². The fourth-order valence-electron chi connectivity index (χ4n) is 4.21. The molecule has 5 rings (SSSR count). The number of carbonyl (C=O) groups excluding carboxylic acids is 1. The molecule has 0 bridgehead atoms. The van der Waals surface area contributed by atoms with Crippen molar-refractivity contribution in [2.24, 2.45) is 0 Å². The Morgan fingerprint density at radius 3 is 2.45 bits per heavy atom. The molecule has 0 aliphatic heterocycles. The summed E-state index contributed by atoms with van der Waals surface area (Å²) in [4.78, 5) is 17.0. The molecule has 5 aromatic rings. The number of ether oxygens (including phenoxy) is 2. The Bertz CT molecular complexity index is 1510. The number of aromatic nitrogens is 4. The molecule has 8 heteroatoms. The van der Waals surface area contributed by atoms with Gasteiger partial charge in [-0.15, -0.1) is 5.10 Å². The summed E-state index contributed by atoms with van der Waals surface area (Å²) in [5.41, 5.74) is 4.75. The van der Waals surface area contributed by atoms with Crippen LogP contribution in [0.15, 0.2) is 89.3 Å². The molecule has 192 valence electrons. The molecule has 2 aromatic heterocycles. The van der Waals surface area contributed by atoms with Crippen LogP contribution in [-0.4, -0.2) is 39.7 Å². The summed E-state index contributed by atoms with van der Waals surface area (Å²) in [5, 5.41) is 8.34. The fraction of sp³-hybridized carbons (Fsp3) is 0.200. The van der Waals surface area contributed by atoms with Gasteiger partial charge in [-0.05, 0) is 42.3 Å². The zero-order valence-electron chi connectivity index (χ0n) is 21.3. The van der Waals surface area contributed by atoms with Crippen LogP contribution in [0.25, 0.3) is 11.5 Å². The van der Waals surface area contributed by atoms with Crippen LogP contribution in [0.2, 0.25) is 0 Å². The molecule has 0 atom stereocenters. The average Bonchev–Trinajstić information content (AvgIpc) is 3.52. The lowest BCUT2D eigenvalue weighted by Gasteiger charge is -2.10. The highest BCUT2D eigenvalue weighted by molar-refractivity contribution is 5.88. The van der Waals surface area contributed by atoms with Crippen molar-refractivity contribution < 1.29 is 18.7 Å². The van der Waals surface area contributed by atoms with Crippen LogP contribution in [0.4, 0.5) is 0 Å². The highest BCUT2D eigenvalue weighted by Crippen LogP contribution is 2.23. The van der Waals surface area contributed by atoms with Crippen LogP contribution in [0.1, 0.15) is 38.8 Å². The van der Waals surface area contributed by atoms with Crippen molar-refractivity contribution in [1.29, 1.82) is 0 Å². The van der Waals surface area contributed by atoms with Gasteiger partial charge in [0.2, 0.25) is 5.89 Å². The van der Waals surface area contributed by atoms with E-state index in [1.807, 2.05) is 91.9 Å². The molecule has 8 nitrogen and oxygen atoms in total. The fourth-order valence-corrected chi connectivity index (χ4v) is 4.21. The van der Waals surface area contributed by atoms with Crippen molar-refractivity contribution in [3.8, 4) is 17.2 Å². The number of methoxy groups -OCH3 is 1. The van der Waals surface area contributed by atoms with Gasteiger partial charge >= 0.3 is 5.97 Å². The van der Waals surface area contributed by atoms with Crippen LogP contribution in [0.5, 0.6) is 5.75 Å². The van der Waals surface area contributed by atoms with E-state index in [9.17, 15) is 4.79 Å². The monoisotopic (exact) mass is 508 g/mol. The predicted molar refractivity (Wildman–Crippen MR) is 142 cm³/mol. The zero-order valence-corrected chi connectivity index (χ0v) is 21.3. The first-order valence-electron chi connectivity index (χ1n) is 12.4. The number of hydrogen-bond donors (Lipinski definition) is 0. The van der Waals surface area contributed by atoms with E-state index in [4.69, 9.17) is 13.9 Å². The van der Waals surface area contributed by atoms with Gasteiger partial charge in [0.1, 0.15) is 11.5 Å². The van der Waals surface area contributed by atoms with Gasteiger partial charge in [-0.1, -0.05) is 65.9 Å². The van der Waals surface area contributed by atoms with E-state index in [1.165, 1.54) is 7.11 Å². The number of nitrogens with zero attached hydrogens (tertiary/aromatic N) is 4. The lowest BCUT2D eigenvalue weighted by Crippen LogP contribution is -2.11. The van der Waals surface area contributed by atoms with Crippen LogP contribution in [0, 0.1) is 6.92 Å². The van der Waals surface area contributed by atoms with Gasteiger partial charge in [0, 0.05) is 18.4 Å². The molecule has 3 aromatic carbocycles. The molecule has 0 saturated carbocycles. The van der Waals surface area contributed by atoms with E-state index in [1.54, 1.807) is 4.68 Å². The first-order chi connectivity index (χ1) is 18.6. The largest absolute Gasteiger partial charge is 0.493 e. The number of aryl methyl sites for hydroxylation is 1. The van der Waals surface area contributed by atoms with E-state index in [-0.39, 0.29) is 5.69 Å². The average molecular weight is 509 g/mol. The summed E-state index contributed by atoms with van der Waals surface area (Å²) in [7, 11) is 1.34. The summed E-state index contributed by atoms with van der Waals surface area (Å²) in [6.07, 6.45) is 1.07. The third kappa shape index (κ3) is 5.81. The van der Waals surface area contributed by atoms with E-state index >= 15 is 0 Å². The SMILES string of the molecule is COC(=O)c1nnn(Cc2ccccc2)c1Cc1cccc(OCCc2nc(-c3ccccc3)oc2C)c1. The van der Waals surface area contributed by atoms with Gasteiger partial charge in [0.25, 0.3) is 0 Å². The molecular weight excluding hydrogens is 480 g/mol. The molecule has 0 fully saturated rings. The Hall–Kier alpha value is -4.72. The summed E-state index contributed by atoms with van der Waals surface area (Å²) in [5.74, 6) is 1.62. The summed E-state index contributed by atoms with van der Waals surface area (Å²) < 4.78 is 18.6. The molecule has 0 aliphatic carbocycles. The minimum absolute atomic E-state index is 0.213. The zero-order chi connectivity index (χ0) is 26.3. The molecule has 0 aliphatic rings. The summed E-state index contributed by atoms with van der Waals surface area (Å²) in [6, 6.07) is 27.6. The smallest absolute Gasteiger partial charge is 0.360 e. The standard InChI is InChI=1S/C30H28N4O4/c1-21-26(31-29(38-21)24-13-7-4-8-14-24)16-17-37-25-15-9-12-23(18-25)19-27-28(30(35)36-2)32-33-34(27)20-22-10-5-3-6-11-22/h3-15,18H,16-17,19-20H2,1-2H3. The number of oxazole rings is 1. The van der Waals surface area contributed by atoms with Crippen molar-refractivity contribution in [3.63, 3.8) is 0 Å². The Kier molecular flexibility index (Phi) is 7.59. The van der Waals surface area contributed by atoms with Crippen molar-refractivity contribution in [2.75, 3.05) is 13.7 Å². The van der Waals surface area contributed by atoms with Gasteiger partial charge in [-0.25, -0.2) is 14.5 Å². The highest BCUT2D eigenvalue weighted by atomic mass is 16.5. The molecule has 0 spiro atoms. The predicted octanol–water partition coefficient (Wildman–Crippen LogP) is 5.29. The second-order valence-corrected chi connectivity index (χ2v) is 8.83. The Morgan fingerprint density at radius 2 is 1.68 bits per heavy atom. The highest BCUT2D eigenvalue weighted by Gasteiger charge is 2.21. The molecular formula is C30H28N4O4. The summed E-state index contributed by atoms with van der Waals surface area (Å²) in [6.45, 7) is 2.87. The normalized spacial score (nSPS) is 10.9.